The van der Waals surface area contributed by atoms with E-state index in [9.17, 15) is 18.0 Å². The van der Waals surface area contributed by atoms with Gasteiger partial charge in [0, 0.05) is 19.6 Å². The summed E-state index contributed by atoms with van der Waals surface area (Å²) in [7, 11) is 1.70. The highest BCUT2D eigenvalue weighted by molar-refractivity contribution is 5.85. The molecular weight excluding hydrogens is 295 g/mol. The van der Waals surface area contributed by atoms with Crippen LogP contribution in [0.4, 0.5) is 13.2 Å². The fraction of sp³-hybridized carbons (Fsp3) is 0.917. The van der Waals surface area contributed by atoms with Gasteiger partial charge in [-0.25, -0.2) is 0 Å². The molecule has 0 spiro atoms. The van der Waals surface area contributed by atoms with Crippen molar-refractivity contribution in [3.63, 3.8) is 0 Å². The van der Waals surface area contributed by atoms with E-state index in [1.165, 1.54) is 4.90 Å². The first kappa shape index (κ1) is 19.5. The first-order valence-corrected chi connectivity index (χ1v) is 6.57. The number of likely N-dealkylation sites (N-methyl/N-ethyl adjacent to an activating group) is 1. The molecule has 1 N–H and O–H groups in total. The fourth-order valence-corrected chi connectivity index (χ4v) is 2.40. The number of amides is 1. The predicted octanol–water partition coefficient (Wildman–Crippen LogP) is 1.36. The Hall–Kier alpha value is -0.530. The van der Waals surface area contributed by atoms with E-state index in [4.69, 9.17) is 0 Å². The third-order valence-corrected chi connectivity index (χ3v) is 3.33. The first-order valence-electron chi connectivity index (χ1n) is 6.57. The van der Waals surface area contributed by atoms with Crippen LogP contribution in [0.1, 0.15) is 13.3 Å². The van der Waals surface area contributed by atoms with E-state index < -0.39 is 12.7 Å². The molecular formula is C12H23ClF3N3O. The highest BCUT2D eigenvalue weighted by Crippen LogP contribution is 2.21. The second kappa shape index (κ2) is 8.69. The van der Waals surface area contributed by atoms with Gasteiger partial charge in [0.05, 0.1) is 13.1 Å². The van der Waals surface area contributed by atoms with Crippen molar-refractivity contribution in [2.75, 3.05) is 46.3 Å². The van der Waals surface area contributed by atoms with Gasteiger partial charge in [0.25, 0.3) is 0 Å². The number of hydrogen-bond donors (Lipinski definition) is 1. The molecule has 0 bridgehead atoms. The van der Waals surface area contributed by atoms with E-state index in [0.29, 0.717) is 26.2 Å². The molecule has 8 heteroatoms. The molecule has 4 nitrogen and oxygen atoms in total. The van der Waals surface area contributed by atoms with Gasteiger partial charge < -0.3 is 10.2 Å². The summed E-state index contributed by atoms with van der Waals surface area (Å²) < 4.78 is 37.1. The van der Waals surface area contributed by atoms with E-state index >= 15 is 0 Å². The summed E-state index contributed by atoms with van der Waals surface area (Å²) in [5.74, 6) is 0.159. The molecule has 1 atom stereocenters. The lowest BCUT2D eigenvalue weighted by Crippen LogP contribution is -2.39. The number of alkyl halides is 3. The highest BCUT2D eigenvalue weighted by Gasteiger charge is 2.33. The molecule has 0 radical (unpaired) electrons. The van der Waals surface area contributed by atoms with Crippen LogP contribution in [0.3, 0.4) is 0 Å². The van der Waals surface area contributed by atoms with Gasteiger partial charge in [-0.15, -0.1) is 12.4 Å². The monoisotopic (exact) mass is 317 g/mol. The Morgan fingerprint density at radius 3 is 2.60 bits per heavy atom. The van der Waals surface area contributed by atoms with Crippen LogP contribution in [0.2, 0.25) is 0 Å². The molecule has 120 valence electrons. The Kier molecular flexibility index (Phi) is 8.46. The minimum atomic E-state index is -4.16. The van der Waals surface area contributed by atoms with Crippen molar-refractivity contribution in [1.29, 1.82) is 0 Å². The molecule has 1 unspecified atom stereocenters. The van der Waals surface area contributed by atoms with Gasteiger partial charge in [0.1, 0.15) is 0 Å². The van der Waals surface area contributed by atoms with Crippen LogP contribution in [0.25, 0.3) is 0 Å². The Morgan fingerprint density at radius 2 is 2.10 bits per heavy atom. The average Bonchev–Trinajstić information content (AvgIpc) is 2.75. The second-order valence-electron chi connectivity index (χ2n) is 4.97. The lowest BCUT2D eigenvalue weighted by molar-refractivity contribution is -0.146. The summed E-state index contributed by atoms with van der Waals surface area (Å²) in [5.41, 5.74) is 0. The first-order chi connectivity index (χ1) is 8.85. The largest absolute Gasteiger partial charge is 0.401 e. The zero-order valence-corrected chi connectivity index (χ0v) is 12.7. The Bertz CT molecular complexity index is 302. The maximum Gasteiger partial charge on any atom is 0.401 e. The van der Waals surface area contributed by atoms with Crippen LogP contribution in [-0.2, 0) is 4.79 Å². The SMILES string of the molecule is CCN(CC1CCN(C(=O)CNC)C1)CC(F)(F)F.Cl. The van der Waals surface area contributed by atoms with Gasteiger partial charge in [-0.1, -0.05) is 6.92 Å². The summed E-state index contributed by atoms with van der Waals surface area (Å²) in [4.78, 5) is 14.8. The number of carbonyl (C=O) groups is 1. The van der Waals surface area contributed by atoms with Gasteiger partial charge in [0.15, 0.2) is 0 Å². The molecule has 0 aromatic heterocycles. The maximum absolute atomic E-state index is 12.4. The third-order valence-electron chi connectivity index (χ3n) is 3.33. The molecule has 0 aliphatic carbocycles. The quantitative estimate of drug-likeness (QED) is 0.803. The van der Waals surface area contributed by atoms with Gasteiger partial charge >= 0.3 is 6.18 Å². The van der Waals surface area contributed by atoms with Crippen molar-refractivity contribution in [3.05, 3.63) is 0 Å². The van der Waals surface area contributed by atoms with Gasteiger partial charge in [0.2, 0.25) is 5.91 Å². The second-order valence-corrected chi connectivity index (χ2v) is 4.97. The van der Waals surface area contributed by atoms with E-state index in [0.717, 1.165) is 6.42 Å². The third kappa shape index (κ3) is 6.76. The number of halogens is 4. The predicted molar refractivity (Wildman–Crippen MR) is 74.0 cm³/mol. The molecule has 1 aliphatic heterocycles. The van der Waals surface area contributed by atoms with Crippen LogP contribution in [0.5, 0.6) is 0 Å². The summed E-state index contributed by atoms with van der Waals surface area (Å²) in [5, 5.41) is 2.79. The van der Waals surface area contributed by atoms with Crippen molar-refractivity contribution in [3.8, 4) is 0 Å². The van der Waals surface area contributed by atoms with Crippen LogP contribution >= 0.6 is 12.4 Å². The lowest BCUT2D eigenvalue weighted by atomic mass is 10.1. The van der Waals surface area contributed by atoms with Crippen LogP contribution in [0.15, 0.2) is 0 Å². The number of nitrogens with zero attached hydrogens (tertiary/aromatic N) is 2. The van der Waals surface area contributed by atoms with Crippen molar-refractivity contribution in [2.45, 2.75) is 19.5 Å². The molecule has 1 aliphatic rings. The molecule has 20 heavy (non-hydrogen) atoms. The van der Waals surface area contributed by atoms with E-state index in [2.05, 4.69) is 5.32 Å². The van der Waals surface area contributed by atoms with Crippen molar-refractivity contribution >= 4 is 18.3 Å². The number of nitrogens with one attached hydrogen (secondary N) is 1. The van der Waals surface area contributed by atoms with Gasteiger partial charge in [-0.05, 0) is 25.9 Å². The minimum Gasteiger partial charge on any atom is -0.341 e. The highest BCUT2D eigenvalue weighted by atomic mass is 35.5. The van der Waals surface area contributed by atoms with E-state index in [-0.39, 0.29) is 30.8 Å². The number of likely N-dealkylation sites (tertiary alicyclic amines) is 1. The van der Waals surface area contributed by atoms with Gasteiger partial charge in [-0.3, -0.25) is 9.69 Å². The Morgan fingerprint density at radius 1 is 1.45 bits per heavy atom. The Labute approximate surface area is 124 Å². The lowest BCUT2D eigenvalue weighted by Gasteiger charge is -2.25. The summed E-state index contributed by atoms with van der Waals surface area (Å²) >= 11 is 0. The normalized spacial score (nSPS) is 19.3. The van der Waals surface area contributed by atoms with Gasteiger partial charge in [-0.2, -0.15) is 13.2 Å². The van der Waals surface area contributed by atoms with Crippen molar-refractivity contribution in [2.24, 2.45) is 5.92 Å². The number of carbonyl (C=O) groups excluding carboxylic acids is 1. The zero-order valence-electron chi connectivity index (χ0n) is 11.9. The smallest absolute Gasteiger partial charge is 0.341 e. The summed E-state index contributed by atoms with van der Waals surface area (Å²) in [6, 6.07) is 0. The molecule has 1 saturated heterocycles. The molecule has 0 saturated carbocycles. The topological polar surface area (TPSA) is 35.6 Å². The van der Waals surface area contributed by atoms with Crippen molar-refractivity contribution < 1.29 is 18.0 Å². The maximum atomic E-state index is 12.4. The number of rotatable bonds is 6. The molecule has 0 aromatic carbocycles. The summed E-state index contributed by atoms with van der Waals surface area (Å²) in [6.07, 6.45) is -3.37. The summed E-state index contributed by atoms with van der Waals surface area (Å²) in [6.45, 7) is 3.13. The zero-order chi connectivity index (χ0) is 14.5. The molecule has 1 amide bonds. The number of hydrogen-bond acceptors (Lipinski definition) is 3. The van der Waals surface area contributed by atoms with Crippen LogP contribution in [0, 0.1) is 5.92 Å². The fourth-order valence-electron chi connectivity index (χ4n) is 2.40. The molecule has 1 heterocycles. The van der Waals surface area contributed by atoms with Crippen molar-refractivity contribution in [1.82, 2.24) is 15.1 Å². The Balaban J connectivity index is 0.00000361. The molecule has 0 aromatic rings. The molecule has 1 rings (SSSR count). The standard InChI is InChI=1S/C12H22F3N3O.ClH/c1-3-17(9-12(13,14)15)7-10-4-5-18(8-10)11(19)6-16-2;/h10,16H,3-9H2,1-2H3;1H. The van der Waals surface area contributed by atoms with E-state index in [1.54, 1.807) is 18.9 Å². The van der Waals surface area contributed by atoms with E-state index in [1.807, 2.05) is 0 Å². The van der Waals surface area contributed by atoms with Crippen LogP contribution in [-0.4, -0.2) is 68.2 Å². The average molecular weight is 318 g/mol. The minimum absolute atomic E-state index is 0. The molecule has 1 fully saturated rings. The van der Waals surface area contributed by atoms with Crippen LogP contribution < -0.4 is 5.32 Å².